The molecule has 0 radical (unpaired) electrons. The van der Waals surface area contributed by atoms with Gasteiger partial charge in [0.2, 0.25) is 0 Å². The number of hydrogen-bond acceptors (Lipinski definition) is 4. The standard InChI is InChI=1S/C7H17NS3/c1-5(2)6(3)7(4-8)10-11-9/h5-7,9H,4,8H2,1-3H3. The summed E-state index contributed by atoms with van der Waals surface area (Å²) in [6.07, 6.45) is 0. The molecule has 0 rings (SSSR count). The Bertz CT molecular complexity index is 97.7. The van der Waals surface area contributed by atoms with Crippen molar-refractivity contribution in [2.75, 3.05) is 6.54 Å². The molecule has 0 aliphatic rings. The van der Waals surface area contributed by atoms with E-state index in [-0.39, 0.29) is 0 Å². The third-order valence-electron chi connectivity index (χ3n) is 2.04. The summed E-state index contributed by atoms with van der Waals surface area (Å²) in [7, 11) is 3.28. The molecule has 2 unspecified atom stereocenters. The summed E-state index contributed by atoms with van der Waals surface area (Å²) in [5, 5.41) is 0.539. The van der Waals surface area contributed by atoms with Gasteiger partial charge in [0.05, 0.1) is 0 Å². The fourth-order valence-corrected chi connectivity index (χ4v) is 3.59. The molecule has 0 fully saturated rings. The summed E-state index contributed by atoms with van der Waals surface area (Å²) in [6, 6.07) is 0. The van der Waals surface area contributed by atoms with E-state index in [1.165, 1.54) is 9.83 Å². The summed E-state index contributed by atoms with van der Waals surface area (Å²) < 4.78 is 0. The van der Waals surface area contributed by atoms with Gasteiger partial charge in [-0.1, -0.05) is 43.2 Å². The molecule has 4 heteroatoms. The van der Waals surface area contributed by atoms with Crippen LogP contribution in [0.2, 0.25) is 0 Å². The Morgan fingerprint density at radius 1 is 1.36 bits per heavy atom. The van der Waals surface area contributed by atoms with Gasteiger partial charge in [0.15, 0.2) is 0 Å². The highest BCUT2D eigenvalue weighted by molar-refractivity contribution is 9.05. The number of nitrogens with two attached hydrogens (primary N) is 1. The number of rotatable bonds is 5. The maximum atomic E-state index is 5.63. The molecule has 2 atom stereocenters. The summed E-state index contributed by atoms with van der Waals surface area (Å²) in [5.74, 6) is 1.38. The Kier molecular flexibility index (Phi) is 7.12. The van der Waals surface area contributed by atoms with Crippen LogP contribution in [-0.4, -0.2) is 11.8 Å². The highest BCUT2D eigenvalue weighted by Crippen LogP contribution is 2.35. The van der Waals surface area contributed by atoms with E-state index in [0.29, 0.717) is 17.1 Å². The quantitative estimate of drug-likeness (QED) is 0.540. The third kappa shape index (κ3) is 4.55. The first-order chi connectivity index (χ1) is 5.13. The van der Waals surface area contributed by atoms with Gasteiger partial charge < -0.3 is 5.73 Å². The molecule has 0 spiro atoms. The molecular weight excluding hydrogens is 194 g/mol. The number of thiol groups is 1. The number of hydrogen-bond donors (Lipinski definition) is 2. The molecule has 0 saturated heterocycles. The lowest BCUT2D eigenvalue weighted by Crippen LogP contribution is -2.26. The molecular formula is C7H17NS3. The van der Waals surface area contributed by atoms with Crippen LogP contribution in [0.4, 0.5) is 0 Å². The maximum Gasteiger partial charge on any atom is 0.0310 e. The fourth-order valence-electron chi connectivity index (χ4n) is 0.826. The molecule has 68 valence electrons. The normalized spacial score (nSPS) is 16.9. The van der Waals surface area contributed by atoms with Crippen LogP contribution in [0.3, 0.4) is 0 Å². The van der Waals surface area contributed by atoms with Gasteiger partial charge in [0, 0.05) is 11.8 Å². The van der Waals surface area contributed by atoms with Crippen LogP contribution >= 0.6 is 32.3 Å². The molecule has 0 aromatic heterocycles. The predicted octanol–water partition coefficient (Wildman–Crippen LogP) is 2.83. The monoisotopic (exact) mass is 211 g/mol. The zero-order valence-electron chi connectivity index (χ0n) is 7.28. The Balaban J connectivity index is 3.81. The van der Waals surface area contributed by atoms with Crippen molar-refractivity contribution >= 4 is 32.3 Å². The van der Waals surface area contributed by atoms with Crippen molar-refractivity contribution < 1.29 is 0 Å². The van der Waals surface area contributed by atoms with Gasteiger partial charge in [-0.15, -0.1) is 0 Å². The van der Waals surface area contributed by atoms with Crippen molar-refractivity contribution in [3.63, 3.8) is 0 Å². The second-order valence-electron chi connectivity index (χ2n) is 3.05. The van der Waals surface area contributed by atoms with E-state index in [2.05, 4.69) is 32.4 Å². The second-order valence-corrected chi connectivity index (χ2v) is 6.36. The predicted molar refractivity (Wildman–Crippen MR) is 61.0 cm³/mol. The molecule has 1 nitrogen and oxygen atoms in total. The van der Waals surface area contributed by atoms with Crippen molar-refractivity contribution in [2.24, 2.45) is 17.6 Å². The van der Waals surface area contributed by atoms with E-state index < -0.39 is 0 Å². The first kappa shape index (κ1) is 12.0. The molecule has 2 N–H and O–H groups in total. The largest absolute Gasteiger partial charge is 0.329 e. The van der Waals surface area contributed by atoms with Gasteiger partial charge >= 0.3 is 0 Å². The van der Waals surface area contributed by atoms with Gasteiger partial charge in [-0.2, -0.15) is 0 Å². The van der Waals surface area contributed by atoms with Crippen LogP contribution in [0.5, 0.6) is 0 Å². The highest BCUT2D eigenvalue weighted by atomic mass is 33.5. The summed E-state index contributed by atoms with van der Waals surface area (Å²) in [4.78, 5) is 0. The average Bonchev–Trinajstić information content (AvgIpc) is 1.98. The molecule has 0 aromatic rings. The topological polar surface area (TPSA) is 26.0 Å². The van der Waals surface area contributed by atoms with Crippen LogP contribution in [0, 0.1) is 11.8 Å². The fraction of sp³-hybridized carbons (Fsp3) is 1.00. The summed E-state index contributed by atoms with van der Waals surface area (Å²) >= 11 is 4.10. The van der Waals surface area contributed by atoms with Crippen LogP contribution < -0.4 is 5.73 Å². The van der Waals surface area contributed by atoms with Crippen molar-refractivity contribution in [2.45, 2.75) is 26.0 Å². The van der Waals surface area contributed by atoms with Gasteiger partial charge in [-0.05, 0) is 21.7 Å². The highest BCUT2D eigenvalue weighted by Gasteiger charge is 2.18. The minimum Gasteiger partial charge on any atom is -0.329 e. The Morgan fingerprint density at radius 2 is 1.91 bits per heavy atom. The second kappa shape index (κ2) is 6.52. The maximum absolute atomic E-state index is 5.63. The van der Waals surface area contributed by atoms with Crippen LogP contribution in [0.1, 0.15) is 20.8 Å². The lowest BCUT2D eigenvalue weighted by molar-refractivity contribution is 0.409. The van der Waals surface area contributed by atoms with Gasteiger partial charge in [-0.25, -0.2) is 0 Å². The van der Waals surface area contributed by atoms with E-state index in [1.807, 2.05) is 0 Å². The van der Waals surface area contributed by atoms with Gasteiger partial charge in [0.25, 0.3) is 0 Å². The van der Waals surface area contributed by atoms with Crippen LogP contribution in [0.25, 0.3) is 0 Å². The summed E-state index contributed by atoms with van der Waals surface area (Å²) in [6.45, 7) is 7.46. The molecule has 0 aliphatic carbocycles. The van der Waals surface area contributed by atoms with Crippen LogP contribution in [0.15, 0.2) is 0 Å². The third-order valence-corrected chi connectivity index (χ3v) is 4.77. The first-order valence-corrected chi connectivity index (χ1v) is 7.07. The zero-order chi connectivity index (χ0) is 8.85. The Labute approximate surface area is 82.5 Å². The molecule has 0 saturated carbocycles. The Morgan fingerprint density at radius 3 is 2.18 bits per heavy atom. The van der Waals surface area contributed by atoms with Crippen molar-refractivity contribution in [1.29, 1.82) is 0 Å². The van der Waals surface area contributed by atoms with E-state index in [1.54, 1.807) is 10.8 Å². The minimum absolute atomic E-state index is 0.539. The summed E-state index contributed by atoms with van der Waals surface area (Å²) in [5.41, 5.74) is 5.63. The average molecular weight is 211 g/mol. The van der Waals surface area contributed by atoms with E-state index in [0.717, 1.165) is 6.54 Å². The molecule has 0 bridgehead atoms. The first-order valence-electron chi connectivity index (χ1n) is 3.80. The zero-order valence-corrected chi connectivity index (χ0v) is 9.81. The lowest BCUT2D eigenvalue weighted by atomic mass is 9.94. The molecule has 0 amide bonds. The van der Waals surface area contributed by atoms with Gasteiger partial charge in [-0.3, -0.25) is 0 Å². The van der Waals surface area contributed by atoms with E-state index in [4.69, 9.17) is 5.73 Å². The SMILES string of the molecule is CC(C)C(C)C(CN)SSS. The van der Waals surface area contributed by atoms with Gasteiger partial charge in [0.1, 0.15) is 0 Å². The van der Waals surface area contributed by atoms with Crippen LogP contribution in [-0.2, 0) is 0 Å². The molecule has 11 heavy (non-hydrogen) atoms. The van der Waals surface area contributed by atoms with Crippen molar-refractivity contribution in [1.82, 2.24) is 0 Å². The lowest BCUT2D eigenvalue weighted by Gasteiger charge is -2.23. The Hall–Kier alpha value is 1.01. The van der Waals surface area contributed by atoms with E-state index in [9.17, 15) is 0 Å². The molecule has 0 heterocycles. The van der Waals surface area contributed by atoms with E-state index >= 15 is 0 Å². The molecule has 0 aliphatic heterocycles. The smallest absolute Gasteiger partial charge is 0.0310 e. The minimum atomic E-state index is 0.539. The van der Waals surface area contributed by atoms with Crippen molar-refractivity contribution in [3.05, 3.63) is 0 Å². The van der Waals surface area contributed by atoms with Crippen molar-refractivity contribution in [3.8, 4) is 0 Å². The molecule has 0 aromatic carbocycles.